The van der Waals surface area contributed by atoms with E-state index in [9.17, 15) is 4.79 Å². The summed E-state index contributed by atoms with van der Waals surface area (Å²) in [6.07, 6.45) is 1.69. The van der Waals surface area contributed by atoms with E-state index in [0.717, 1.165) is 4.90 Å². The first kappa shape index (κ1) is 15.5. The highest BCUT2D eigenvalue weighted by Gasteiger charge is 2.17. The van der Waals surface area contributed by atoms with Gasteiger partial charge in [0.25, 0.3) is 5.91 Å². The Balaban J connectivity index is 2.34. The van der Waals surface area contributed by atoms with Crippen LogP contribution in [-0.2, 0) is 4.84 Å². The second-order valence-electron chi connectivity index (χ2n) is 4.71. The number of carbonyl (C=O) groups is 1. The van der Waals surface area contributed by atoms with E-state index >= 15 is 0 Å². The van der Waals surface area contributed by atoms with E-state index in [-0.39, 0.29) is 5.91 Å². The molecule has 5 heteroatoms. The number of carbonyl (C=O) groups excluding carboxylic acids is 1. The molecule has 0 bridgehead atoms. The third kappa shape index (κ3) is 3.62. The van der Waals surface area contributed by atoms with Crippen molar-refractivity contribution in [1.82, 2.24) is 10.0 Å². The van der Waals surface area contributed by atoms with Gasteiger partial charge >= 0.3 is 0 Å². The largest absolute Gasteiger partial charge is 0.279 e. The first-order valence-corrected chi connectivity index (χ1v) is 7.37. The Kier molecular flexibility index (Phi) is 4.98. The quantitative estimate of drug-likeness (QED) is 0.811. The third-order valence-corrected chi connectivity index (χ3v) is 4.30. The molecule has 0 unspecified atom stereocenters. The van der Waals surface area contributed by atoms with Gasteiger partial charge in [-0.2, -0.15) is 0 Å². The highest BCUT2D eigenvalue weighted by molar-refractivity contribution is 7.99. The van der Waals surface area contributed by atoms with E-state index in [1.165, 1.54) is 35.1 Å². The molecule has 0 atom stereocenters. The summed E-state index contributed by atoms with van der Waals surface area (Å²) < 4.78 is 0. The van der Waals surface area contributed by atoms with E-state index in [2.05, 4.69) is 37.0 Å². The van der Waals surface area contributed by atoms with Gasteiger partial charge in [0, 0.05) is 18.1 Å². The minimum absolute atomic E-state index is 0.210. The van der Waals surface area contributed by atoms with Gasteiger partial charge in [-0.25, -0.2) is 10.0 Å². The maximum absolute atomic E-state index is 12.3. The fraction of sp³-hybridized carbons (Fsp3) is 0.250. The SMILES string of the molecule is CON(C)C(=O)c1cccnc1Sc1ccc(C)cc1C. The molecular weight excluding hydrogens is 284 g/mol. The molecule has 2 rings (SSSR count). The molecule has 1 aromatic carbocycles. The average molecular weight is 302 g/mol. The number of rotatable bonds is 4. The number of aryl methyl sites for hydroxylation is 2. The number of benzene rings is 1. The summed E-state index contributed by atoms with van der Waals surface area (Å²) in [5.74, 6) is -0.210. The fourth-order valence-corrected chi connectivity index (χ4v) is 2.85. The van der Waals surface area contributed by atoms with Gasteiger partial charge in [-0.3, -0.25) is 9.63 Å². The van der Waals surface area contributed by atoms with Crippen molar-refractivity contribution in [2.75, 3.05) is 14.2 Å². The standard InChI is InChI=1S/C16H18N2O2S/c1-11-7-8-14(12(2)10-11)21-15-13(6-5-9-17-15)16(19)18(3)20-4/h5-10H,1-4H3. The highest BCUT2D eigenvalue weighted by atomic mass is 32.2. The number of nitrogens with zero attached hydrogens (tertiary/aromatic N) is 2. The Labute approximate surface area is 129 Å². The predicted octanol–water partition coefficient (Wildman–Crippen LogP) is 3.48. The van der Waals surface area contributed by atoms with Crippen molar-refractivity contribution < 1.29 is 9.63 Å². The Morgan fingerprint density at radius 1 is 1.29 bits per heavy atom. The van der Waals surface area contributed by atoms with Crippen molar-refractivity contribution in [2.45, 2.75) is 23.8 Å². The summed E-state index contributed by atoms with van der Waals surface area (Å²) in [7, 11) is 3.05. The molecule has 1 amide bonds. The zero-order chi connectivity index (χ0) is 15.4. The Morgan fingerprint density at radius 2 is 2.05 bits per heavy atom. The molecule has 0 radical (unpaired) electrons. The molecule has 0 spiro atoms. The van der Waals surface area contributed by atoms with Crippen molar-refractivity contribution in [3.05, 3.63) is 53.2 Å². The Bertz CT molecular complexity index is 658. The first-order chi connectivity index (χ1) is 10.0. The van der Waals surface area contributed by atoms with Gasteiger partial charge in [0.15, 0.2) is 0 Å². The number of aromatic nitrogens is 1. The van der Waals surface area contributed by atoms with Crippen molar-refractivity contribution in [3.63, 3.8) is 0 Å². The van der Waals surface area contributed by atoms with Crippen LogP contribution in [0.4, 0.5) is 0 Å². The van der Waals surface area contributed by atoms with E-state index in [1.54, 1.807) is 25.4 Å². The van der Waals surface area contributed by atoms with Crippen LogP contribution < -0.4 is 0 Å². The number of amides is 1. The summed E-state index contributed by atoms with van der Waals surface area (Å²) in [5, 5.41) is 1.88. The number of hydrogen-bond donors (Lipinski definition) is 0. The second-order valence-corrected chi connectivity index (χ2v) is 5.74. The lowest BCUT2D eigenvalue weighted by Gasteiger charge is -2.15. The number of pyridine rings is 1. The van der Waals surface area contributed by atoms with Gasteiger partial charge in [0.1, 0.15) is 5.03 Å². The van der Waals surface area contributed by atoms with Gasteiger partial charge in [0.05, 0.1) is 12.7 Å². The molecule has 1 heterocycles. The molecule has 0 saturated heterocycles. The van der Waals surface area contributed by atoms with Crippen LogP contribution in [0, 0.1) is 13.8 Å². The molecule has 0 aliphatic carbocycles. The van der Waals surface area contributed by atoms with Crippen LogP contribution in [-0.4, -0.2) is 30.1 Å². The van der Waals surface area contributed by atoms with Crippen molar-refractivity contribution >= 4 is 17.7 Å². The van der Waals surface area contributed by atoms with Crippen LogP contribution >= 0.6 is 11.8 Å². The molecule has 0 aliphatic rings. The van der Waals surface area contributed by atoms with Crippen LogP contribution in [0.2, 0.25) is 0 Å². The van der Waals surface area contributed by atoms with E-state index in [0.29, 0.717) is 10.6 Å². The minimum Gasteiger partial charge on any atom is -0.274 e. The van der Waals surface area contributed by atoms with Crippen LogP contribution in [0.25, 0.3) is 0 Å². The van der Waals surface area contributed by atoms with Crippen LogP contribution in [0.5, 0.6) is 0 Å². The number of hydroxylamine groups is 2. The van der Waals surface area contributed by atoms with Gasteiger partial charge in [-0.1, -0.05) is 29.5 Å². The lowest BCUT2D eigenvalue weighted by molar-refractivity contribution is -0.0759. The molecule has 0 aliphatic heterocycles. The van der Waals surface area contributed by atoms with Gasteiger partial charge in [-0.05, 0) is 37.6 Å². The zero-order valence-electron chi connectivity index (χ0n) is 12.6. The molecule has 110 valence electrons. The number of hydrogen-bond acceptors (Lipinski definition) is 4. The summed E-state index contributed by atoms with van der Waals surface area (Å²) in [4.78, 5) is 22.7. The molecular formula is C16H18N2O2S. The fourth-order valence-electron chi connectivity index (χ4n) is 1.91. The zero-order valence-corrected chi connectivity index (χ0v) is 13.4. The maximum atomic E-state index is 12.3. The summed E-state index contributed by atoms with van der Waals surface area (Å²) in [6, 6.07) is 9.74. The van der Waals surface area contributed by atoms with Crippen molar-refractivity contribution in [2.24, 2.45) is 0 Å². The average Bonchev–Trinajstić information content (AvgIpc) is 2.49. The van der Waals surface area contributed by atoms with Crippen molar-refractivity contribution in [3.8, 4) is 0 Å². The molecule has 4 nitrogen and oxygen atoms in total. The molecule has 0 N–H and O–H groups in total. The highest BCUT2D eigenvalue weighted by Crippen LogP contribution is 2.31. The monoisotopic (exact) mass is 302 g/mol. The van der Waals surface area contributed by atoms with E-state index in [1.807, 2.05) is 0 Å². The van der Waals surface area contributed by atoms with Crippen molar-refractivity contribution in [1.29, 1.82) is 0 Å². The Morgan fingerprint density at radius 3 is 2.71 bits per heavy atom. The van der Waals surface area contributed by atoms with Crippen LogP contribution in [0.3, 0.4) is 0 Å². The van der Waals surface area contributed by atoms with Crippen LogP contribution in [0.1, 0.15) is 21.5 Å². The summed E-state index contributed by atoms with van der Waals surface area (Å²) >= 11 is 1.49. The lowest BCUT2D eigenvalue weighted by atomic mass is 10.2. The second kappa shape index (κ2) is 6.74. The van der Waals surface area contributed by atoms with E-state index in [4.69, 9.17) is 4.84 Å². The maximum Gasteiger partial charge on any atom is 0.279 e. The van der Waals surface area contributed by atoms with Crippen LogP contribution in [0.15, 0.2) is 46.5 Å². The molecule has 0 fully saturated rings. The lowest BCUT2D eigenvalue weighted by Crippen LogP contribution is -2.26. The minimum atomic E-state index is -0.210. The summed E-state index contributed by atoms with van der Waals surface area (Å²) in [5.41, 5.74) is 2.92. The molecule has 21 heavy (non-hydrogen) atoms. The topological polar surface area (TPSA) is 42.4 Å². The van der Waals surface area contributed by atoms with Gasteiger partial charge < -0.3 is 0 Å². The molecule has 2 aromatic rings. The molecule has 0 saturated carbocycles. The molecule has 1 aromatic heterocycles. The van der Waals surface area contributed by atoms with Gasteiger partial charge in [-0.15, -0.1) is 0 Å². The predicted molar refractivity (Wildman–Crippen MR) is 83.4 cm³/mol. The van der Waals surface area contributed by atoms with Gasteiger partial charge in [0.2, 0.25) is 0 Å². The smallest absolute Gasteiger partial charge is 0.274 e. The normalized spacial score (nSPS) is 10.5. The Hall–Kier alpha value is -1.85. The summed E-state index contributed by atoms with van der Waals surface area (Å²) in [6.45, 7) is 4.12. The first-order valence-electron chi connectivity index (χ1n) is 6.55. The van der Waals surface area contributed by atoms with E-state index < -0.39 is 0 Å². The third-order valence-electron chi connectivity index (χ3n) is 3.10.